The first-order chi connectivity index (χ1) is 6.65. The zero-order valence-electron chi connectivity index (χ0n) is 7.64. The summed E-state index contributed by atoms with van der Waals surface area (Å²) in [6, 6.07) is 6.79. The molecule has 1 saturated carbocycles. The highest BCUT2D eigenvalue weighted by Gasteiger charge is 2.46. The van der Waals surface area contributed by atoms with Gasteiger partial charge in [0.05, 0.1) is 5.41 Å². The topological polar surface area (TPSA) is 0 Å². The minimum atomic E-state index is -2.27. The van der Waals surface area contributed by atoms with E-state index >= 15 is 0 Å². The zero-order valence-corrected chi connectivity index (χ0v) is 8.40. The van der Waals surface area contributed by atoms with Crippen LogP contribution in [-0.2, 0) is 5.41 Å². The Bertz CT molecular complexity index is 315. The van der Waals surface area contributed by atoms with Gasteiger partial charge in [-0.1, -0.05) is 30.2 Å². The Morgan fingerprint density at radius 2 is 1.71 bits per heavy atom. The molecule has 0 N–H and O–H groups in total. The maximum Gasteiger partial charge on any atom is 0.248 e. The molecule has 0 unspecified atom stereocenters. The Morgan fingerprint density at radius 1 is 1.14 bits per heavy atom. The fraction of sp³-hybridized carbons (Fsp3) is 0.455. The highest BCUT2D eigenvalue weighted by atomic mass is 35.5. The average molecular weight is 217 g/mol. The van der Waals surface area contributed by atoms with Crippen LogP contribution in [0.3, 0.4) is 0 Å². The Hall–Kier alpha value is -0.630. The summed E-state index contributed by atoms with van der Waals surface area (Å²) in [6.07, 6.45) is -0.191. The van der Waals surface area contributed by atoms with Crippen LogP contribution in [-0.4, -0.2) is 6.43 Å². The Balaban J connectivity index is 2.32. The number of alkyl halides is 2. The van der Waals surface area contributed by atoms with E-state index in [0.29, 0.717) is 17.9 Å². The first-order valence-corrected chi connectivity index (χ1v) is 5.07. The number of benzene rings is 1. The van der Waals surface area contributed by atoms with Crippen LogP contribution in [0.25, 0.3) is 0 Å². The van der Waals surface area contributed by atoms with Gasteiger partial charge >= 0.3 is 0 Å². The molecular formula is C11H11ClF2. The van der Waals surface area contributed by atoms with Gasteiger partial charge in [-0.15, -0.1) is 0 Å². The van der Waals surface area contributed by atoms with E-state index in [4.69, 9.17) is 11.6 Å². The highest BCUT2D eigenvalue weighted by molar-refractivity contribution is 6.30. The number of hydrogen-bond acceptors (Lipinski definition) is 0. The molecule has 0 spiro atoms. The van der Waals surface area contributed by atoms with Crippen molar-refractivity contribution in [2.45, 2.75) is 31.1 Å². The van der Waals surface area contributed by atoms with Crippen LogP contribution in [0.15, 0.2) is 24.3 Å². The molecule has 0 radical (unpaired) electrons. The lowest BCUT2D eigenvalue weighted by Gasteiger charge is -2.41. The molecule has 0 amide bonds. The van der Waals surface area contributed by atoms with Gasteiger partial charge in [0.15, 0.2) is 0 Å². The molecular weight excluding hydrogens is 206 g/mol. The molecule has 0 saturated heterocycles. The molecule has 3 heteroatoms. The molecule has 0 bridgehead atoms. The predicted molar refractivity (Wildman–Crippen MR) is 53.0 cm³/mol. The second-order valence-corrected chi connectivity index (χ2v) is 4.25. The quantitative estimate of drug-likeness (QED) is 0.700. The maximum absolute atomic E-state index is 12.9. The summed E-state index contributed by atoms with van der Waals surface area (Å²) in [6.45, 7) is 0. The van der Waals surface area contributed by atoms with E-state index in [9.17, 15) is 8.78 Å². The molecule has 0 nitrogen and oxygen atoms in total. The minimum absolute atomic E-state index is 0.590. The highest BCUT2D eigenvalue weighted by Crippen LogP contribution is 2.48. The van der Waals surface area contributed by atoms with Crippen molar-refractivity contribution in [1.29, 1.82) is 0 Å². The third kappa shape index (κ3) is 1.42. The lowest BCUT2D eigenvalue weighted by molar-refractivity contribution is 0.000841. The first-order valence-electron chi connectivity index (χ1n) is 4.69. The Morgan fingerprint density at radius 3 is 2.07 bits per heavy atom. The SMILES string of the molecule is FC(F)C1(c2ccc(Cl)cc2)CCC1. The van der Waals surface area contributed by atoms with E-state index in [2.05, 4.69) is 0 Å². The van der Waals surface area contributed by atoms with Crippen LogP contribution >= 0.6 is 11.6 Å². The van der Waals surface area contributed by atoms with Crippen LogP contribution in [0.2, 0.25) is 5.02 Å². The molecule has 1 fully saturated rings. The van der Waals surface area contributed by atoms with E-state index in [1.807, 2.05) is 0 Å². The molecule has 0 atom stereocenters. The van der Waals surface area contributed by atoms with E-state index < -0.39 is 11.8 Å². The van der Waals surface area contributed by atoms with Crippen molar-refractivity contribution in [3.05, 3.63) is 34.9 Å². The average Bonchev–Trinajstić information content (AvgIpc) is 2.05. The van der Waals surface area contributed by atoms with Gasteiger partial charge in [-0.05, 0) is 30.5 Å². The van der Waals surface area contributed by atoms with E-state index in [1.165, 1.54) is 0 Å². The van der Waals surface area contributed by atoms with Gasteiger partial charge in [-0.3, -0.25) is 0 Å². The monoisotopic (exact) mass is 216 g/mol. The Labute approximate surface area is 86.9 Å². The molecule has 0 aromatic heterocycles. The number of rotatable bonds is 2. The summed E-state index contributed by atoms with van der Waals surface area (Å²) in [5.41, 5.74) is -0.159. The van der Waals surface area contributed by atoms with Gasteiger partial charge < -0.3 is 0 Å². The van der Waals surface area contributed by atoms with Crippen molar-refractivity contribution < 1.29 is 8.78 Å². The number of hydrogen-bond donors (Lipinski definition) is 0. The molecule has 0 aliphatic heterocycles. The summed E-state index contributed by atoms with van der Waals surface area (Å²) in [4.78, 5) is 0. The van der Waals surface area contributed by atoms with E-state index in [1.54, 1.807) is 24.3 Å². The minimum Gasteiger partial charge on any atom is -0.210 e. The van der Waals surface area contributed by atoms with Gasteiger partial charge in [0.2, 0.25) is 6.43 Å². The molecule has 0 heterocycles. The third-order valence-electron chi connectivity index (χ3n) is 3.08. The second kappa shape index (κ2) is 3.50. The molecule has 1 aromatic carbocycles. The van der Waals surface area contributed by atoms with Gasteiger partial charge in [0.1, 0.15) is 0 Å². The van der Waals surface area contributed by atoms with Crippen molar-refractivity contribution in [1.82, 2.24) is 0 Å². The van der Waals surface area contributed by atoms with Crippen molar-refractivity contribution >= 4 is 11.6 Å². The van der Waals surface area contributed by atoms with Gasteiger partial charge in [-0.2, -0.15) is 0 Å². The summed E-state index contributed by atoms with van der Waals surface area (Å²) in [5.74, 6) is 0. The molecule has 14 heavy (non-hydrogen) atoms. The smallest absolute Gasteiger partial charge is 0.210 e. The summed E-state index contributed by atoms with van der Waals surface area (Å²) < 4.78 is 25.8. The van der Waals surface area contributed by atoms with Crippen molar-refractivity contribution in [2.24, 2.45) is 0 Å². The van der Waals surface area contributed by atoms with Gasteiger partial charge in [0, 0.05) is 5.02 Å². The predicted octanol–water partition coefficient (Wildman–Crippen LogP) is 4.03. The molecule has 2 rings (SSSR count). The maximum atomic E-state index is 12.9. The van der Waals surface area contributed by atoms with Crippen molar-refractivity contribution in [3.63, 3.8) is 0 Å². The van der Waals surface area contributed by atoms with Crippen LogP contribution in [0.1, 0.15) is 24.8 Å². The normalized spacial score (nSPS) is 19.4. The second-order valence-electron chi connectivity index (χ2n) is 3.82. The van der Waals surface area contributed by atoms with Crippen LogP contribution in [0.4, 0.5) is 8.78 Å². The summed E-state index contributed by atoms with van der Waals surface area (Å²) in [7, 11) is 0. The summed E-state index contributed by atoms with van der Waals surface area (Å²) >= 11 is 5.72. The van der Waals surface area contributed by atoms with Crippen LogP contribution < -0.4 is 0 Å². The van der Waals surface area contributed by atoms with Gasteiger partial charge in [0.25, 0.3) is 0 Å². The van der Waals surface area contributed by atoms with E-state index in [-0.39, 0.29) is 0 Å². The van der Waals surface area contributed by atoms with Gasteiger partial charge in [-0.25, -0.2) is 8.78 Å². The largest absolute Gasteiger partial charge is 0.248 e. The molecule has 76 valence electrons. The van der Waals surface area contributed by atoms with Crippen LogP contribution in [0, 0.1) is 0 Å². The summed E-state index contributed by atoms with van der Waals surface area (Å²) in [5, 5.41) is 0.595. The zero-order chi connectivity index (χ0) is 10.2. The molecule has 1 aliphatic rings. The lowest BCUT2D eigenvalue weighted by atomic mass is 9.65. The third-order valence-corrected chi connectivity index (χ3v) is 3.33. The van der Waals surface area contributed by atoms with Crippen molar-refractivity contribution in [3.8, 4) is 0 Å². The fourth-order valence-corrected chi connectivity index (χ4v) is 2.10. The van der Waals surface area contributed by atoms with Crippen LogP contribution in [0.5, 0.6) is 0 Å². The first kappa shape index (κ1) is 9.91. The van der Waals surface area contributed by atoms with Crippen molar-refractivity contribution in [2.75, 3.05) is 0 Å². The van der Waals surface area contributed by atoms with E-state index in [0.717, 1.165) is 12.0 Å². The Kier molecular flexibility index (Phi) is 2.48. The molecule has 1 aliphatic carbocycles. The standard InChI is InChI=1S/C11H11ClF2/c12-9-4-2-8(3-5-9)11(10(13)14)6-1-7-11/h2-5,10H,1,6-7H2. The number of halogens is 3. The fourth-order valence-electron chi connectivity index (χ4n) is 1.97. The lowest BCUT2D eigenvalue weighted by Crippen LogP contribution is -2.41. The molecule has 1 aromatic rings.